The van der Waals surface area contributed by atoms with Crippen molar-refractivity contribution in [2.45, 2.75) is 37.8 Å². The van der Waals surface area contributed by atoms with Crippen molar-refractivity contribution in [3.63, 3.8) is 0 Å². The Bertz CT molecular complexity index is 1140. The molecule has 2 aromatic heterocycles. The Balaban J connectivity index is 1.34. The largest absolute Gasteiger partial charge is 0.285 e. The molecule has 2 atom stereocenters. The van der Waals surface area contributed by atoms with Gasteiger partial charge in [0.1, 0.15) is 0 Å². The molecule has 0 radical (unpaired) electrons. The van der Waals surface area contributed by atoms with Crippen LogP contribution in [0.1, 0.15) is 37.1 Å². The topological polar surface area (TPSA) is 76.3 Å². The van der Waals surface area contributed by atoms with Crippen molar-refractivity contribution < 1.29 is 0 Å². The summed E-state index contributed by atoms with van der Waals surface area (Å²) in [5, 5.41) is 0. The fraction of sp³-hybridized carbons (Fsp3) is 0.250. The summed E-state index contributed by atoms with van der Waals surface area (Å²) in [6, 6.07) is 16.0. The fourth-order valence-corrected chi connectivity index (χ4v) is 3.85. The Labute approximate surface area is 174 Å². The number of aliphatic imine (C=N–C) groups is 2. The van der Waals surface area contributed by atoms with Crippen LogP contribution in [0.3, 0.4) is 0 Å². The number of hydrogen-bond acceptors (Lipinski definition) is 6. The van der Waals surface area contributed by atoms with E-state index in [9.17, 15) is 0 Å². The van der Waals surface area contributed by atoms with Crippen molar-refractivity contribution in [2.24, 2.45) is 9.98 Å². The van der Waals surface area contributed by atoms with Gasteiger partial charge in [0.25, 0.3) is 0 Å². The van der Waals surface area contributed by atoms with E-state index in [0.717, 1.165) is 46.3 Å². The molecule has 0 bridgehead atoms. The monoisotopic (exact) mass is 394 g/mol. The number of nitrogens with zero attached hydrogens (tertiary/aromatic N) is 6. The van der Waals surface area contributed by atoms with Crippen molar-refractivity contribution in [3.8, 4) is 0 Å². The molecule has 2 heterocycles. The fourth-order valence-electron chi connectivity index (χ4n) is 3.85. The summed E-state index contributed by atoms with van der Waals surface area (Å²) in [6.07, 6.45) is 11.6. The van der Waals surface area contributed by atoms with Crippen LogP contribution < -0.4 is 0 Å². The molecule has 2 unspecified atom stereocenters. The van der Waals surface area contributed by atoms with E-state index in [1.165, 1.54) is 12.8 Å². The van der Waals surface area contributed by atoms with Gasteiger partial charge in [0.2, 0.25) is 0 Å². The molecule has 5 rings (SSSR count). The Morgan fingerprint density at radius 1 is 0.633 bits per heavy atom. The number of hydrogen-bond donors (Lipinski definition) is 0. The summed E-state index contributed by atoms with van der Waals surface area (Å²) in [5.41, 5.74) is 5.12. The van der Waals surface area contributed by atoms with E-state index in [-0.39, 0.29) is 12.1 Å². The first-order valence-corrected chi connectivity index (χ1v) is 10.4. The third kappa shape index (κ3) is 4.08. The predicted octanol–water partition coefficient (Wildman–Crippen LogP) is 4.42. The summed E-state index contributed by atoms with van der Waals surface area (Å²) in [4.78, 5) is 27.9. The Kier molecular flexibility index (Phi) is 5.21. The van der Waals surface area contributed by atoms with E-state index >= 15 is 0 Å². The molecular weight excluding hydrogens is 372 g/mol. The minimum Gasteiger partial charge on any atom is -0.285 e. The molecule has 0 N–H and O–H groups in total. The van der Waals surface area contributed by atoms with E-state index in [1.807, 2.05) is 61.0 Å². The maximum Gasteiger partial charge on any atom is 0.0998 e. The lowest BCUT2D eigenvalue weighted by atomic mass is 9.91. The second-order valence-corrected chi connectivity index (χ2v) is 7.54. The van der Waals surface area contributed by atoms with Crippen LogP contribution in [0.25, 0.3) is 22.1 Å². The van der Waals surface area contributed by atoms with Gasteiger partial charge in [-0.1, -0.05) is 37.1 Å². The van der Waals surface area contributed by atoms with Crippen molar-refractivity contribution in [2.75, 3.05) is 0 Å². The van der Waals surface area contributed by atoms with Gasteiger partial charge in [-0.05, 0) is 37.1 Å². The summed E-state index contributed by atoms with van der Waals surface area (Å²) in [6.45, 7) is 0. The first-order valence-electron chi connectivity index (χ1n) is 10.4. The molecule has 0 aliphatic heterocycles. The average Bonchev–Trinajstić information content (AvgIpc) is 2.81. The molecule has 1 aliphatic carbocycles. The summed E-state index contributed by atoms with van der Waals surface area (Å²) in [5.74, 6) is 0. The van der Waals surface area contributed by atoms with Crippen molar-refractivity contribution in [1.29, 1.82) is 0 Å². The molecule has 148 valence electrons. The van der Waals surface area contributed by atoms with Gasteiger partial charge in [-0.2, -0.15) is 0 Å². The number of fused-ring (bicyclic) bond motifs is 2. The molecule has 6 nitrogen and oxygen atoms in total. The lowest BCUT2D eigenvalue weighted by molar-refractivity contribution is 0.390. The van der Waals surface area contributed by atoms with Crippen LogP contribution in [-0.2, 0) is 0 Å². The van der Waals surface area contributed by atoms with Gasteiger partial charge >= 0.3 is 0 Å². The molecule has 1 saturated carbocycles. The zero-order valence-corrected chi connectivity index (χ0v) is 16.6. The van der Waals surface area contributed by atoms with Crippen molar-refractivity contribution in [1.82, 2.24) is 19.9 Å². The standard InChI is InChI=1S/C24H22N6/c1-2-8-20(26-14-18-16-28-22-10-4-6-12-24(22)30-18)19(7-1)25-13-17-15-27-21-9-3-5-11-23(21)29-17/h3-6,9-16,19-20H,1-2,7-8H2. The molecule has 0 amide bonds. The molecule has 1 aliphatic rings. The van der Waals surface area contributed by atoms with Crippen LogP contribution in [0.5, 0.6) is 0 Å². The molecule has 6 heteroatoms. The highest BCUT2D eigenvalue weighted by atomic mass is 14.9. The smallest absolute Gasteiger partial charge is 0.0998 e. The average molecular weight is 394 g/mol. The van der Waals surface area contributed by atoms with Crippen LogP contribution in [-0.4, -0.2) is 44.4 Å². The molecule has 2 aromatic carbocycles. The first kappa shape index (κ1) is 18.5. The van der Waals surface area contributed by atoms with Gasteiger partial charge in [0, 0.05) is 12.4 Å². The van der Waals surface area contributed by atoms with Gasteiger partial charge < -0.3 is 0 Å². The normalized spacial score (nSPS) is 19.9. The highest BCUT2D eigenvalue weighted by molar-refractivity contribution is 5.83. The van der Waals surface area contributed by atoms with Crippen LogP contribution in [0.4, 0.5) is 0 Å². The van der Waals surface area contributed by atoms with Crippen LogP contribution in [0.2, 0.25) is 0 Å². The van der Waals surface area contributed by atoms with Gasteiger partial charge in [-0.15, -0.1) is 0 Å². The minimum absolute atomic E-state index is 0.150. The van der Waals surface area contributed by atoms with Crippen LogP contribution in [0.15, 0.2) is 70.9 Å². The van der Waals surface area contributed by atoms with E-state index in [2.05, 4.69) is 19.9 Å². The van der Waals surface area contributed by atoms with Crippen molar-refractivity contribution >= 4 is 34.5 Å². The first-order chi connectivity index (χ1) is 14.8. The highest BCUT2D eigenvalue weighted by Gasteiger charge is 2.23. The number of aromatic nitrogens is 4. The minimum atomic E-state index is 0.150. The summed E-state index contributed by atoms with van der Waals surface area (Å²) in [7, 11) is 0. The lowest BCUT2D eigenvalue weighted by Gasteiger charge is -2.25. The predicted molar refractivity (Wildman–Crippen MR) is 120 cm³/mol. The SMILES string of the molecule is C(=NC1CCCCC1N=Cc1cnc2ccccc2n1)c1cnc2ccccc2n1. The second-order valence-electron chi connectivity index (χ2n) is 7.54. The third-order valence-corrected chi connectivity index (χ3v) is 5.42. The van der Waals surface area contributed by atoms with Gasteiger partial charge in [0.15, 0.2) is 0 Å². The number of rotatable bonds is 4. The maximum atomic E-state index is 4.83. The van der Waals surface area contributed by atoms with E-state index in [4.69, 9.17) is 9.98 Å². The molecule has 0 saturated heterocycles. The zero-order valence-electron chi connectivity index (χ0n) is 16.6. The maximum absolute atomic E-state index is 4.83. The Hall–Kier alpha value is -3.54. The van der Waals surface area contributed by atoms with Gasteiger partial charge in [-0.3, -0.25) is 20.0 Å². The van der Waals surface area contributed by atoms with Gasteiger partial charge in [-0.25, -0.2) is 9.97 Å². The molecule has 30 heavy (non-hydrogen) atoms. The van der Waals surface area contributed by atoms with E-state index < -0.39 is 0 Å². The highest BCUT2D eigenvalue weighted by Crippen LogP contribution is 2.24. The summed E-state index contributed by atoms with van der Waals surface area (Å²) >= 11 is 0. The van der Waals surface area contributed by atoms with E-state index in [1.54, 1.807) is 12.4 Å². The molecule has 4 aromatic rings. The molecule has 1 fully saturated rings. The van der Waals surface area contributed by atoms with Gasteiger partial charge in [0.05, 0.1) is 57.9 Å². The molecule has 0 spiro atoms. The van der Waals surface area contributed by atoms with E-state index in [0.29, 0.717) is 0 Å². The van der Waals surface area contributed by atoms with Crippen molar-refractivity contribution in [3.05, 3.63) is 72.3 Å². The number of benzene rings is 2. The zero-order chi connectivity index (χ0) is 20.2. The van der Waals surface area contributed by atoms with Crippen LogP contribution in [0, 0.1) is 0 Å². The lowest BCUT2D eigenvalue weighted by Crippen LogP contribution is -2.27. The second kappa shape index (κ2) is 8.45. The third-order valence-electron chi connectivity index (χ3n) is 5.42. The Morgan fingerprint density at radius 2 is 1.07 bits per heavy atom. The molecular formula is C24H22N6. The van der Waals surface area contributed by atoms with Crippen LogP contribution >= 0.6 is 0 Å². The Morgan fingerprint density at radius 3 is 1.53 bits per heavy atom. The number of para-hydroxylation sites is 4. The quantitative estimate of drug-likeness (QED) is 0.480. The summed E-state index contributed by atoms with van der Waals surface area (Å²) < 4.78 is 0.